The van der Waals surface area contributed by atoms with Crippen LogP contribution in [0, 0.1) is 0 Å². The summed E-state index contributed by atoms with van der Waals surface area (Å²) in [5, 5.41) is 7.75. The molecule has 1 aromatic heterocycles. The zero-order chi connectivity index (χ0) is 26.0. The van der Waals surface area contributed by atoms with Gasteiger partial charge < -0.3 is 14.8 Å². The molecule has 9 heteroatoms. The fourth-order valence-electron chi connectivity index (χ4n) is 4.16. The van der Waals surface area contributed by atoms with Gasteiger partial charge in [-0.2, -0.15) is 5.10 Å². The van der Waals surface area contributed by atoms with Crippen molar-refractivity contribution >= 4 is 29.4 Å². The highest BCUT2D eigenvalue weighted by molar-refractivity contribution is 8.00. The summed E-state index contributed by atoms with van der Waals surface area (Å²) < 4.78 is 12.7. The van der Waals surface area contributed by atoms with Gasteiger partial charge in [-0.1, -0.05) is 39.0 Å². The molecule has 3 rings (SSSR count). The van der Waals surface area contributed by atoms with Crippen molar-refractivity contribution in [2.45, 2.75) is 57.7 Å². The van der Waals surface area contributed by atoms with E-state index in [-0.39, 0.29) is 34.8 Å². The minimum atomic E-state index is -0.418. The summed E-state index contributed by atoms with van der Waals surface area (Å²) in [6.45, 7) is 13.3. The first-order valence-electron chi connectivity index (χ1n) is 11.8. The predicted molar refractivity (Wildman–Crippen MR) is 140 cm³/mol. The van der Waals surface area contributed by atoms with Crippen LogP contribution in [0.1, 0.15) is 63.6 Å². The van der Waals surface area contributed by atoms with Gasteiger partial charge in [-0.3, -0.25) is 14.5 Å². The van der Waals surface area contributed by atoms with Gasteiger partial charge in [-0.25, -0.2) is 4.68 Å². The minimum Gasteiger partial charge on any atom is -0.496 e. The van der Waals surface area contributed by atoms with Crippen LogP contribution in [-0.2, 0) is 25.3 Å². The Hall–Kier alpha value is -2.52. The lowest BCUT2D eigenvalue weighted by molar-refractivity contribution is -0.123. The monoisotopic (exact) mass is 502 g/mol. The van der Waals surface area contributed by atoms with Gasteiger partial charge in [-0.05, 0) is 26.8 Å². The Kier molecular flexibility index (Phi) is 8.21. The van der Waals surface area contributed by atoms with Gasteiger partial charge in [-0.15, -0.1) is 11.8 Å². The first kappa shape index (κ1) is 27.1. The molecule has 1 aliphatic heterocycles. The molecule has 8 nitrogen and oxygen atoms in total. The van der Waals surface area contributed by atoms with Crippen molar-refractivity contribution < 1.29 is 19.1 Å². The summed E-state index contributed by atoms with van der Waals surface area (Å²) in [5.74, 6) is 1.31. The molecule has 2 heterocycles. The largest absolute Gasteiger partial charge is 0.496 e. The third kappa shape index (κ3) is 5.83. The molecule has 0 aliphatic carbocycles. The molecule has 1 aromatic carbocycles. The zero-order valence-corrected chi connectivity index (χ0v) is 22.9. The van der Waals surface area contributed by atoms with Crippen molar-refractivity contribution in [1.82, 2.24) is 15.1 Å². The number of aromatic nitrogens is 2. The van der Waals surface area contributed by atoms with Crippen molar-refractivity contribution in [1.29, 1.82) is 0 Å². The number of hydrogen-bond acceptors (Lipinski definition) is 6. The summed E-state index contributed by atoms with van der Waals surface area (Å²) in [7, 11) is 3.24. The normalized spacial score (nSPS) is 16.6. The SMILES string of the molecule is COCCNC(=O)CN1C(=O)CSC(c2ccccc2OC)c2c(C(C)(C)C)nn(C(C)(C)C)c21. The molecule has 0 saturated carbocycles. The summed E-state index contributed by atoms with van der Waals surface area (Å²) >= 11 is 1.55. The second-order valence-corrected chi connectivity index (χ2v) is 11.8. The van der Waals surface area contributed by atoms with Gasteiger partial charge in [0.2, 0.25) is 11.8 Å². The summed E-state index contributed by atoms with van der Waals surface area (Å²) in [6, 6.07) is 7.90. The smallest absolute Gasteiger partial charge is 0.240 e. The van der Waals surface area contributed by atoms with Crippen LogP contribution in [0.2, 0.25) is 0 Å². The number of methoxy groups -OCH3 is 2. The number of fused-ring (bicyclic) bond motifs is 1. The molecule has 1 N–H and O–H groups in total. The first-order valence-corrected chi connectivity index (χ1v) is 12.9. The Morgan fingerprint density at radius 3 is 2.46 bits per heavy atom. The lowest BCUT2D eigenvalue weighted by Gasteiger charge is -2.29. The van der Waals surface area contributed by atoms with Crippen LogP contribution in [0.5, 0.6) is 5.75 Å². The first-order chi connectivity index (χ1) is 16.4. The van der Waals surface area contributed by atoms with Gasteiger partial charge in [0.05, 0.1) is 36.0 Å². The predicted octanol–water partition coefficient (Wildman–Crippen LogP) is 3.88. The Balaban J connectivity index is 2.27. The third-order valence-corrected chi connectivity index (χ3v) is 7.02. The number of carbonyl (C=O) groups is 2. The van der Waals surface area contributed by atoms with E-state index in [1.165, 1.54) is 0 Å². The fraction of sp³-hybridized carbons (Fsp3) is 0.577. The molecule has 0 bridgehead atoms. The number of hydrogen-bond donors (Lipinski definition) is 1. The Labute approximate surface area is 212 Å². The van der Waals surface area contributed by atoms with Crippen LogP contribution in [0.25, 0.3) is 0 Å². The minimum absolute atomic E-state index is 0.0832. The van der Waals surface area contributed by atoms with E-state index in [0.29, 0.717) is 19.0 Å². The standard InChI is InChI=1S/C26H38N4O4S/c1-25(2,3)23-21-22(17-11-9-10-12-18(17)34-8)35-16-20(32)29(15-19(31)27-13-14-33-7)24(21)30(28-23)26(4,5)6/h9-12,22H,13-16H2,1-8H3,(H,27,31). The van der Waals surface area contributed by atoms with Gasteiger partial charge in [0.15, 0.2) is 0 Å². The lowest BCUT2D eigenvalue weighted by Crippen LogP contribution is -2.44. The molecule has 1 aliphatic rings. The van der Waals surface area contributed by atoms with E-state index in [0.717, 1.165) is 22.6 Å². The Morgan fingerprint density at radius 2 is 1.86 bits per heavy atom. The summed E-state index contributed by atoms with van der Waals surface area (Å²) in [4.78, 5) is 28.0. The number of benzene rings is 1. The number of anilines is 1. The molecule has 0 saturated heterocycles. The van der Waals surface area contributed by atoms with Crippen molar-refractivity contribution in [2.75, 3.05) is 44.6 Å². The van der Waals surface area contributed by atoms with Crippen molar-refractivity contribution in [3.8, 4) is 5.75 Å². The second kappa shape index (κ2) is 10.6. The van der Waals surface area contributed by atoms with Gasteiger partial charge >= 0.3 is 0 Å². The average Bonchev–Trinajstić information content (AvgIpc) is 3.13. The van der Waals surface area contributed by atoms with Crippen LogP contribution in [0.3, 0.4) is 0 Å². The molecule has 2 amide bonds. The van der Waals surface area contributed by atoms with Crippen LogP contribution < -0.4 is 15.0 Å². The van der Waals surface area contributed by atoms with Gasteiger partial charge in [0.25, 0.3) is 0 Å². The highest BCUT2D eigenvalue weighted by atomic mass is 32.2. The highest BCUT2D eigenvalue weighted by Gasteiger charge is 2.42. The number of carbonyl (C=O) groups excluding carboxylic acids is 2. The maximum absolute atomic E-state index is 13.5. The van der Waals surface area contributed by atoms with E-state index in [2.05, 4.69) is 46.9 Å². The van der Waals surface area contributed by atoms with Crippen LogP contribution >= 0.6 is 11.8 Å². The lowest BCUT2D eigenvalue weighted by atomic mass is 9.87. The van der Waals surface area contributed by atoms with E-state index < -0.39 is 5.54 Å². The highest BCUT2D eigenvalue weighted by Crippen LogP contribution is 2.50. The Morgan fingerprint density at radius 1 is 1.17 bits per heavy atom. The third-order valence-electron chi connectivity index (χ3n) is 5.79. The van der Waals surface area contributed by atoms with Gasteiger partial charge in [0, 0.05) is 30.2 Å². The number of nitrogens with one attached hydrogen (secondary N) is 1. The van der Waals surface area contributed by atoms with Gasteiger partial charge in [0.1, 0.15) is 18.1 Å². The number of ether oxygens (including phenoxy) is 2. The number of amides is 2. The summed E-state index contributed by atoms with van der Waals surface area (Å²) in [6.07, 6.45) is 0. The van der Waals surface area contributed by atoms with Crippen LogP contribution in [-0.4, -0.2) is 61.3 Å². The van der Waals surface area contributed by atoms with E-state index in [1.807, 2.05) is 28.9 Å². The summed E-state index contributed by atoms with van der Waals surface area (Å²) in [5.41, 5.74) is 2.14. The quantitative estimate of drug-likeness (QED) is 0.579. The average molecular weight is 503 g/mol. The number of nitrogens with zero attached hydrogens (tertiary/aromatic N) is 3. The molecule has 2 aromatic rings. The van der Waals surface area contributed by atoms with E-state index in [4.69, 9.17) is 14.6 Å². The number of para-hydroxylation sites is 1. The zero-order valence-electron chi connectivity index (χ0n) is 22.1. The molecule has 192 valence electrons. The number of thioether (sulfide) groups is 1. The van der Waals surface area contributed by atoms with Crippen LogP contribution in [0.4, 0.5) is 5.82 Å². The maximum Gasteiger partial charge on any atom is 0.240 e. The van der Waals surface area contributed by atoms with Crippen molar-refractivity contribution in [3.05, 3.63) is 41.1 Å². The van der Waals surface area contributed by atoms with Crippen molar-refractivity contribution in [3.63, 3.8) is 0 Å². The topological polar surface area (TPSA) is 85.7 Å². The molecule has 35 heavy (non-hydrogen) atoms. The molecule has 1 atom stereocenters. The molecule has 0 radical (unpaired) electrons. The van der Waals surface area contributed by atoms with Crippen LogP contribution in [0.15, 0.2) is 24.3 Å². The van der Waals surface area contributed by atoms with E-state index in [9.17, 15) is 9.59 Å². The van der Waals surface area contributed by atoms with Crippen molar-refractivity contribution in [2.24, 2.45) is 0 Å². The molecular formula is C26H38N4O4S. The molecule has 0 spiro atoms. The van der Waals surface area contributed by atoms with E-state index >= 15 is 0 Å². The fourth-order valence-corrected chi connectivity index (χ4v) is 5.38. The number of rotatable bonds is 7. The Bertz CT molecular complexity index is 1070. The maximum atomic E-state index is 13.5. The van der Waals surface area contributed by atoms with E-state index in [1.54, 1.807) is 30.9 Å². The molecule has 0 fully saturated rings. The second-order valence-electron chi connectivity index (χ2n) is 10.7. The molecular weight excluding hydrogens is 464 g/mol. The molecule has 1 unspecified atom stereocenters.